The van der Waals surface area contributed by atoms with Crippen molar-refractivity contribution in [1.82, 2.24) is 4.98 Å². The molecule has 3 rings (SSSR count). The summed E-state index contributed by atoms with van der Waals surface area (Å²) in [6.07, 6.45) is 0.778. The van der Waals surface area contributed by atoms with Crippen LogP contribution in [0.4, 0.5) is 5.69 Å². The van der Waals surface area contributed by atoms with E-state index in [2.05, 4.69) is 32.8 Å². The largest absolute Gasteiger partial charge is 0.370 e. The van der Waals surface area contributed by atoms with Gasteiger partial charge in [0, 0.05) is 29.6 Å². The predicted molar refractivity (Wildman–Crippen MR) is 97.8 cm³/mol. The number of hydrogen-bond acceptors (Lipinski definition) is 3. The Labute approximate surface area is 139 Å². The van der Waals surface area contributed by atoms with Crippen LogP contribution in [-0.2, 0) is 6.42 Å². The zero-order chi connectivity index (χ0) is 15.9. The van der Waals surface area contributed by atoms with E-state index in [-0.39, 0.29) is 0 Å². The van der Waals surface area contributed by atoms with Gasteiger partial charge in [-0.3, -0.25) is 4.99 Å². The number of aromatic nitrogens is 1. The highest BCUT2D eigenvalue weighted by molar-refractivity contribution is 7.13. The Morgan fingerprint density at radius 1 is 1.04 bits per heavy atom. The number of benzene rings is 2. The van der Waals surface area contributed by atoms with Crippen molar-refractivity contribution < 1.29 is 0 Å². The summed E-state index contributed by atoms with van der Waals surface area (Å²) >= 11 is 1.66. The lowest BCUT2D eigenvalue weighted by Crippen LogP contribution is -2.23. The Kier molecular flexibility index (Phi) is 5.01. The van der Waals surface area contributed by atoms with Crippen LogP contribution >= 0.6 is 11.3 Å². The molecule has 3 aromatic rings. The summed E-state index contributed by atoms with van der Waals surface area (Å²) in [7, 11) is 0. The zero-order valence-corrected chi connectivity index (χ0v) is 13.5. The molecule has 0 aliphatic rings. The van der Waals surface area contributed by atoms with Gasteiger partial charge in [-0.2, -0.15) is 0 Å². The number of anilines is 1. The van der Waals surface area contributed by atoms with Crippen molar-refractivity contribution in [3.63, 3.8) is 0 Å². The van der Waals surface area contributed by atoms with Gasteiger partial charge in [-0.15, -0.1) is 11.3 Å². The number of hydrogen-bond donors (Lipinski definition) is 2. The van der Waals surface area contributed by atoms with Gasteiger partial charge in [0.1, 0.15) is 5.01 Å². The third-order valence-corrected chi connectivity index (χ3v) is 4.21. The van der Waals surface area contributed by atoms with Gasteiger partial charge in [0.05, 0.1) is 5.69 Å². The molecule has 0 aliphatic carbocycles. The monoisotopic (exact) mass is 322 g/mol. The van der Waals surface area contributed by atoms with E-state index in [1.807, 2.05) is 48.5 Å². The third-order valence-electron chi connectivity index (χ3n) is 3.27. The Morgan fingerprint density at radius 3 is 2.48 bits per heavy atom. The van der Waals surface area contributed by atoms with Gasteiger partial charge in [-0.1, -0.05) is 48.5 Å². The second-order valence-corrected chi connectivity index (χ2v) is 5.88. The molecule has 1 aromatic heterocycles. The van der Waals surface area contributed by atoms with Crippen molar-refractivity contribution in [2.45, 2.75) is 6.42 Å². The molecule has 0 spiro atoms. The predicted octanol–water partition coefficient (Wildman–Crippen LogP) is 3.78. The maximum absolute atomic E-state index is 5.89. The molecule has 1 heterocycles. The van der Waals surface area contributed by atoms with E-state index < -0.39 is 0 Å². The molecule has 0 amide bonds. The highest BCUT2D eigenvalue weighted by Crippen LogP contribution is 2.23. The summed E-state index contributed by atoms with van der Waals surface area (Å²) in [4.78, 5) is 8.99. The fraction of sp³-hybridized carbons (Fsp3) is 0.111. The molecule has 23 heavy (non-hydrogen) atoms. The molecule has 0 unspecified atom stereocenters. The number of para-hydroxylation sites is 1. The van der Waals surface area contributed by atoms with Gasteiger partial charge in [-0.25, -0.2) is 4.98 Å². The fourth-order valence-electron chi connectivity index (χ4n) is 2.13. The number of rotatable bonds is 5. The van der Waals surface area contributed by atoms with Crippen molar-refractivity contribution in [3.05, 3.63) is 71.7 Å². The first-order valence-corrected chi connectivity index (χ1v) is 8.31. The van der Waals surface area contributed by atoms with Crippen LogP contribution in [0.15, 0.2) is 71.0 Å². The number of nitrogens with one attached hydrogen (secondary N) is 1. The van der Waals surface area contributed by atoms with Crippen molar-refractivity contribution in [1.29, 1.82) is 0 Å². The molecule has 0 fully saturated rings. The van der Waals surface area contributed by atoms with E-state index in [0.717, 1.165) is 28.4 Å². The molecule has 3 N–H and O–H groups in total. The minimum atomic E-state index is 0.426. The molecule has 2 aromatic carbocycles. The number of guanidine groups is 1. The lowest BCUT2D eigenvalue weighted by Gasteiger charge is -2.04. The first-order chi connectivity index (χ1) is 11.3. The maximum atomic E-state index is 5.89. The van der Waals surface area contributed by atoms with Crippen LogP contribution in [0, 0.1) is 0 Å². The number of nitrogens with two attached hydrogens (primary N) is 1. The first-order valence-electron chi connectivity index (χ1n) is 7.43. The van der Waals surface area contributed by atoms with Crippen molar-refractivity contribution in [3.8, 4) is 10.6 Å². The van der Waals surface area contributed by atoms with Gasteiger partial charge in [-0.05, 0) is 12.1 Å². The topological polar surface area (TPSA) is 63.3 Å². The van der Waals surface area contributed by atoms with E-state index in [1.165, 1.54) is 0 Å². The van der Waals surface area contributed by atoms with Gasteiger partial charge in [0.2, 0.25) is 0 Å². The van der Waals surface area contributed by atoms with Crippen LogP contribution in [0.3, 0.4) is 0 Å². The molecule has 0 bridgehead atoms. The van der Waals surface area contributed by atoms with E-state index >= 15 is 0 Å². The molecule has 5 heteroatoms. The second-order valence-electron chi connectivity index (χ2n) is 5.02. The normalized spacial score (nSPS) is 11.4. The molecule has 0 saturated carbocycles. The molecule has 4 nitrogen and oxygen atoms in total. The first kappa shape index (κ1) is 15.2. The smallest absolute Gasteiger partial charge is 0.193 e. The zero-order valence-electron chi connectivity index (χ0n) is 12.6. The van der Waals surface area contributed by atoms with Gasteiger partial charge >= 0.3 is 0 Å². The number of thiazole rings is 1. The van der Waals surface area contributed by atoms with Crippen LogP contribution in [0.2, 0.25) is 0 Å². The quantitative estimate of drug-likeness (QED) is 0.555. The SMILES string of the molecule is NC(=NCCc1csc(-c2ccccc2)n1)Nc1ccccc1. The average Bonchev–Trinajstić information content (AvgIpc) is 3.05. The lowest BCUT2D eigenvalue weighted by molar-refractivity contribution is 0.934. The number of nitrogens with zero attached hydrogens (tertiary/aromatic N) is 2. The molecule has 0 aliphatic heterocycles. The second kappa shape index (κ2) is 7.56. The summed E-state index contributed by atoms with van der Waals surface area (Å²) in [6, 6.07) is 20.0. The molecular weight excluding hydrogens is 304 g/mol. The summed E-state index contributed by atoms with van der Waals surface area (Å²) in [5.41, 5.74) is 9.02. The molecule has 0 radical (unpaired) electrons. The molecule has 116 valence electrons. The van der Waals surface area contributed by atoms with Crippen molar-refractivity contribution in [2.24, 2.45) is 10.7 Å². The molecular formula is C18H18N4S. The van der Waals surface area contributed by atoms with Crippen LogP contribution in [0.5, 0.6) is 0 Å². The Balaban J connectivity index is 1.55. The van der Waals surface area contributed by atoms with Crippen LogP contribution in [0.25, 0.3) is 10.6 Å². The standard InChI is InChI=1S/C18H18N4S/c19-18(22-15-9-5-2-6-10-15)20-12-11-16-13-23-17(21-16)14-7-3-1-4-8-14/h1-10,13H,11-12H2,(H3,19,20,22). The summed E-state index contributed by atoms with van der Waals surface area (Å²) in [6.45, 7) is 0.615. The van der Waals surface area contributed by atoms with Gasteiger partial charge in [0.25, 0.3) is 0 Å². The van der Waals surface area contributed by atoms with E-state index in [9.17, 15) is 0 Å². The molecule has 0 saturated heterocycles. The van der Waals surface area contributed by atoms with Crippen LogP contribution in [0.1, 0.15) is 5.69 Å². The Hall–Kier alpha value is -2.66. The third kappa shape index (κ3) is 4.40. The van der Waals surface area contributed by atoms with Gasteiger partial charge in [0.15, 0.2) is 5.96 Å². The highest BCUT2D eigenvalue weighted by Gasteiger charge is 2.04. The maximum Gasteiger partial charge on any atom is 0.193 e. The highest BCUT2D eigenvalue weighted by atomic mass is 32.1. The Bertz CT molecular complexity index is 766. The fourth-order valence-corrected chi connectivity index (χ4v) is 3.00. The average molecular weight is 322 g/mol. The summed E-state index contributed by atoms with van der Waals surface area (Å²) < 4.78 is 0. The van der Waals surface area contributed by atoms with Gasteiger partial charge < -0.3 is 11.1 Å². The van der Waals surface area contributed by atoms with E-state index in [0.29, 0.717) is 12.5 Å². The van der Waals surface area contributed by atoms with Crippen LogP contribution < -0.4 is 11.1 Å². The van der Waals surface area contributed by atoms with Crippen molar-refractivity contribution >= 4 is 23.0 Å². The lowest BCUT2D eigenvalue weighted by atomic mass is 10.2. The minimum absolute atomic E-state index is 0.426. The van der Waals surface area contributed by atoms with E-state index in [1.54, 1.807) is 11.3 Å². The Morgan fingerprint density at radius 2 is 1.74 bits per heavy atom. The van der Waals surface area contributed by atoms with Crippen LogP contribution in [-0.4, -0.2) is 17.5 Å². The minimum Gasteiger partial charge on any atom is -0.370 e. The summed E-state index contributed by atoms with van der Waals surface area (Å²) in [5.74, 6) is 0.426. The summed E-state index contributed by atoms with van der Waals surface area (Å²) in [5, 5.41) is 6.19. The molecule has 0 atom stereocenters. The van der Waals surface area contributed by atoms with Crippen molar-refractivity contribution in [2.75, 3.05) is 11.9 Å². The van der Waals surface area contributed by atoms with E-state index in [4.69, 9.17) is 5.73 Å². The number of aliphatic imine (C=N–C) groups is 1.